The molecule has 3 aromatic rings. The van der Waals surface area contributed by atoms with E-state index in [4.69, 9.17) is 14.6 Å². The minimum Gasteiger partial charge on any atom is -0.494 e. The standard InChI is InChI=1S/C34H39FO5/c1-2-3-4-5-6-7-8-9-20-39-30-18-14-25-21-28(11-10-26(25)22-30)34(38)40-29-16-12-24(13-17-29)27-15-19-31(33(36)37)32(35)23-27/h12-19,22-23,28H,2-11,20-21H2,1H3,(H,36,37). The highest BCUT2D eigenvalue weighted by Gasteiger charge is 2.26. The number of halogens is 1. The monoisotopic (exact) mass is 546 g/mol. The van der Waals surface area contributed by atoms with Crippen molar-refractivity contribution >= 4 is 11.9 Å². The van der Waals surface area contributed by atoms with Crippen molar-refractivity contribution in [2.75, 3.05) is 6.61 Å². The van der Waals surface area contributed by atoms with Crippen LogP contribution in [0, 0.1) is 11.7 Å². The maximum absolute atomic E-state index is 14.1. The van der Waals surface area contributed by atoms with Crippen LogP contribution in [0.15, 0.2) is 60.7 Å². The molecule has 6 heteroatoms. The Kier molecular flexibility index (Phi) is 10.7. The Bertz CT molecular complexity index is 1280. The predicted molar refractivity (Wildman–Crippen MR) is 154 cm³/mol. The Morgan fingerprint density at radius 2 is 1.50 bits per heavy atom. The van der Waals surface area contributed by atoms with Gasteiger partial charge in [0.25, 0.3) is 0 Å². The van der Waals surface area contributed by atoms with Crippen LogP contribution in [0.3, 0.4) is 0 Å². The van der Waals surface area contributed by atoms with Gasteiger partial charge in [-0.25, -0.2) is 9.18 Å². The van der Waals surface area contributed by atoms with Crippen LogP contribution in [0.2, 0.25) is 0 Å². The highest BCUT2D eigenvalue weighted by atomic mass is 19.1. The van der Waals surface area contributed by atoms with Crippen LogP contribution >= 0.6 is 0 Å². The Morgan fingerprint density at radius 1 is 0.825 bits per heavy atom. The molecule has 0 fully saturated rings. The van der Waals surface area contributed by atoms with Crippen molar-refractivity contribution in [3.05, 3.63) is 83.2 Å². The SMILES string of the molecule is CCCCCCCCCCOc1ccc2c(c1)CCC(C(=O)Oc1ccc(-c3ccc(C(=O)O)c(F)c3)cc1)C2. The third kappa shape index (κ3) is 8.17. The molecule has 3 aromatic carbocycles. The number of rotatable bonds is 14. The number of carboxylic acid groups (broad SMARTS) is 1. The van der Waals surface area contributed by atoms with Gasteiger partial charge < -0.3 is 14.6 Å². The Hall–Kier alpha value is -3.67. The Labute approximate surface area is 236 Å². The van der Waals surface area contributed by atoms with Gasteiger partial charge in [0, 0.05) is 0 Å². The van der Waals surface area contributed by atoms with E-state index in [9.17, 15) is 14.0 Å². The summed E-state index contributed by atoms with van der Waals surface area (Å²) in [6.45, 7) is 2.98. The van der Waals surface area contributed by atoms with Crippen molar-refractivity contribution in [2.45, 2.75) is 77.6 Å². The summed E-state index contributed by atoms with van der Waals surface area (Å²) in [6.07, 6.45) is 12.4. The number of benzene rings is 3. The van der Waals surface area contributed by atoms with Crippen LogP contribution in [-0.4, -0.2) is 23.7 Å². The average molecular weight is 547 g/mol. The van der Waals surface area contributed by atoms with E-state index in [1.165, 1.54) is 62.6 Å². The number of ether oxygens (including phenoxy) is 2. The maximum Gasteiger partial charge on any atom is 0.338 e. The van der Waals surface area contributed by atoms with E-state index in [0.29, 0.717) is 23.3 Å². The number of hydrogen-bond acceptors (Lipinski definition) is 4. The molecule has 0 bridgehead atoms. The molecular formula is C34H39FO5. The normalized spacial score (nSPS) is 14.4. The van der Waals surface area contributed by atoms with Gasteiger partial charge in [0.2, 0.25) is 0 Å². The molecule has 0 saturated heterocycles. The molecule has 0 heterocycles. The number of fused-ring (bicyclic) bond motifs is 1. The molecule has 1 unspecified atom stereocenters. The molecule has 0 amide bonds. The zero-order valence-electron chi connectivity index (χ0n) is 23.3. The van der Waals surface area contributed by atoms with Crippen molar-refractivity contribution in [1.82, 2.24) is 0 Å². The van der Waals surface area contributed by atoms with Crippen molar-refractivity contribution in [3.8, 4) is 22.6 Å². The van der Waals surface area contributed by atoms with Crippen molar-refractivity contribution in [1.29, 1.82) is 0 Å². The molecule has 0 aromatic heterocycles. The lowest BCUT2D eigenvalue weighted by Crippen LogP contribution is -2.26. The van der Waals surface area contributed by atoms with E-state index in [2.05, 4.69) is 19.1 Å². The molecule has 40 heavy (non-hydrogen) atoms. The van der Waals surface area contributed by atoms with Gasteiger partial charge in [-0.15, -0.1) is 0 Å². The lowest BCUT2D eigenvalue weighted by atomic mass is 9.84. The van der Waals surface area contributed by atoms with Gasteiger partial charge in [-0.05, 0) is 84.3 Å². The fraction of sp³-hybridized carbons (Fsp3) is 0.412. The van der Waals surface area contributed by atoms with Crippen LogP contribution in [0.1, 0.15) is 86.2 Å². The van der Waals surface area contributed by atoms with Gasteiger partial charge in [0.05, 0.1) is 18.1 Å². The summed E-state index contributed by atoms with van der Waals surface area (Å²) in [7, 11) is 0. The minimum atomic E-state index is -1.31. The van der Waals surface area contributed by atoms with Crippen molar-refractivity contribution in [2.24, 2.45) is 5.92 Å². The summed E-state index contributed by atoms with van der Waals surface area (Å²) in [5.74, 6) is -1.24. The Balaban J connectivity index is 1.23. The minimum absolute atomic E-state index is 0.214. The molecule has 5 nitrogen and oxygen atoms in total. The molecule has 212 valence electrons. The summed E-state index contributed by atoms with van der Waals surface area (Å²) in [6, 6.07) is 17.0. The molecule has 0 spiro atoms. The van der Waals surface area contributed by atoms with E-state index in [1.54, 1.807) is 30.3 Å². The van der Waals surface area contributed by atoms with Crippen molar-refractivity contribution < 1.29 is 28.6 Å². The molecule has 4 rings (SSSR count). The van der Waals surface area contributed by atoms with Crippen LogP contribution in [-0.2, 0) is 17.6 Å². The van der Waals surface area contributed by atoms with Crippen LogP contribution in [0.4, 0.5) is 4.39 Å². The highest BCUT2D eigenvalue weighted by Crippen LogP contribution is 2.31. The van der Waals surface area contributed by atoms with E-state index in [0.717, 1.165) is 37.2 Å². The zero-order chi connectivity index (χ0) is 28.3. The number of aromatic carboxylic acids is 1. The summed E-state index contributed by atoms with van der Waals surface area (Å²) >= 11 is 0. The predicted octanol–water partition coefficient (Wildman–Crippen LogP) is 8.42. The first-order chi connectivity index (χ1) is 19.4. The number of unbranched alkanes of at least 4 members (excludes halogenated alkanes) is 7. The fourth-order valence-corrected chi connectivity index (χ4v) is 5.23. The van der Waals surface area contributed by atoms with Crippen molar-refractivity contribution in [3.63, 3.8) is 0 Å². The molecule has 0 saturated carbocycles. The number of carboxylic acids is 1. The first-order valence-corrected chi connectivity index (χ1v) is 14.5. The van der Waals surface area contributed by atoms with Gasteiger partial charge in [-0.2, -0.15) is 0 Å². The zero-order valence-corrected chi connectivity index (χ0v) is 23.3. The van der Waals surface area contributed by atoms with E-state index < -0.39 is 11.8 Å². The summed E-state index contributed by atoms with van der Waals surface area (Å²) in [4.78, 5) is 23.9. The number of aryl methyl sites for hydroxylation is 1. The first kappa shape index (κ1) is 29.3. The molecule has 1 aliphatic carbocycles. The smallest absolute Gasteiger partial charge is 0.338 e. The number of hydrogen-bond donors (Lipinski definition) is 1. The molecule has 1 atom stereocenters. The molecule has 0 aliphatic heterocycles. The Morgan fingerprint density at radius 3 is 2.20 bits per heavy atom. The molecular weight excluding hydrogens is 507 g/mol. The first-order valence-electron chi connectivity index (χ1n) is 14.5. The van der Waals surface area contributed by atoms with Gasteiger partial charge in [0.15, 0.2) is 0 Å². The largest absolute Gasteiger partial charge is 0.494 e. The summed E-state index contributed by atoms with van der Waals surface area (Å²) in [5.41, 5.74) is 3.27. The third-order valence-electron chi connectivity index (χ3n) is 7.61. The summed E-state index contributed by atoms with van der Waals surface area (Å²) in [5, 5.41) is 9.01. The van der Waals surface area contributed by atoms with E-state index in [-0.39, 0.29) is 17.5 Å². The lowest BCUT2D eigenvalue weighted by Gasteiger charge is -2.23. The second-order valence-electron chi connectivity index (χ2n) is 10.6. The summed E-state index contributed by atoms with van der Waals surface area (Å²) < 4.78 is 25.7. The second-order valence-corrected chi connectivity index (χ2v) is 10.6. The number of esters is 1. The average Bonchev–Trinajstić information content (AvgIpc) is 2.96. The lowest BCUT2D eigenvalue weighted by molar-refractivity contribution is -0.139. The van der Waals surface area contributed by atoms with Crippen LogP contribution in [0.25, 0.3) is 11.1 Å². The van der Waals surface area contributed by atoms with Crippen LogP contribution in [0.5, 0.6) is 11.5 Å². The van der Waals surface area contributed by atoms with Gasteiger partial charge >= 0.3 is 11.9 Å². The van der Waals surface area contributed by atoms with E-state index >= 15 is 0 Å². The third-order valence-corrected chi connectivity index (χ3v) is 7.61. The van der Waals surface area contributed by atoms with Gasteiger partial charge in [0.1, 0.15) is 17.3 Å². The van der Waals surface area contributed by atoms with Gasteiger partial charge in [-0.1, -0.05) is 76.1 Å². The second kappa shape index (κ2) is 14.6. The van der Waals surface area contributed by atoms with Gasteiger partial charge in [-0.3, -0.25) is 4.79 Å². The molecule has 1 aliphatic rings. The maximum atomic E-state index is 14.1. The topological polar surface area (TPSA) is 72.8 Å². The number of carbonyl (C=O) groups is 2. The quantitative estimate of drug-likeness (QED) is 0.125. The van der Waals surface area contributed by atoms with E-state index in [1.807, 2.05) is 6.07 Å². The molecule has 0 radical (unpaired) electrons. The van der Waals surface area contributed by atoms with Crippen LogP contribution < -0.4 is 9.47 Å². The molecule has 1 N–H and O–H groups in total. The highest BCUT2D eigenvalue weighted by molar-refractivity contribution is 5.88. The fourth-order valence-electron chi connectivity index (χ4n) is 5.23. The number of carbonyl (C=O) groups excluding carboxylic acids is 1.